The molecule has 0 aromatic heterocycles. The molecule has 3 fully saturated rings. The maximum atomic E-state index is 13.5. The number of carbonyl (C=O) groups is 3. The third-order valence-corrected chi connectivity index (χ3v) is 7.34. The monoisotopic (exact) mass is 445 g/mol. The Morgan fingerprint density at radius 3 is 2.31 bits per heavy atom. The molecule has 4 rings (SSSR count). The van der Waals surface area contributed by atoms with Crippen molar-refractivity contribution in [1.82, 2.24) is 15.3 Å². The zero-order valence-electron chi connectivity index (χ0n) is 18.1. The number of benzene rings is 1. The molecular weight excluding hydrogens is 414 g/mol. The number of nitrogens with zero attached hydrogens (tertiary/aromatic N) is 2. The van der Waals surface area contributed by atoms with Crippen molar-refractivity contribution in [3.8, 4) is 0 Å². The predicted molar refractivity (Wildman–Crippen MR) is 114 cm³/mol. The van der Waals surface area contributed by atoms with Crippen LogP contribution in [0.15, 0.2) is 30.3 Å². The van der Waals surface area contributed by atoms with Gasteiger partial charge in [-0.25, -0.2) is 10.3 Å². The van der Waals surface area contributed by atoms with Crippen molar-refractivity contribution < 1.29 is 29.4 Å². The van der Waals surface area contributed by atoms with Gasteiger partial charge in [0.05, 0.1) is 24.5 Å². The smallest absolute Gasteiger partial charge is 0.407 e. The second kappa shape index (κ2) is 9.87. The molecular formula is C23H31N3O6. The normalized spacial score (nSPS) is 29.0. The Morgan fingerprint density at radius 2 is 1.72 bits per heavy atom. The molecule has 9 heteroatoms. The van der Waals surface area contributed by atoms with Crippen molar-refractivity contribution in [2.24, 2.45) is 17.8 Å². The first-order chi connectivity index (χ1) is 15.5. The van der Waals surface area contributed by atoms with E-state index >= 15 is 0 Å². The van der Waals surface area contributed by atoms with E-state index in [2.05, 4.69) is 12.1 Å². The van der Waals surface area contributed by atoms with Crippen molar-refractivity contribution in [3.05, 3.63) is 35.9 Å². The molecule has 1 aromatic carbocycles. The highest BCUT2D eigenvalue weighted by Crippen LogP contribution is 2.38. The number of likely N-dealkylation sites (tertiary alicyclic amines) is 2. The average molecular weight is 446 g/mol. The van der Waals surface area contributed by atoms with Crippen molar-refractivity contribution in [3.63, 3.8) is 0 Å². The van der Waals surface area contributed by atoms with Gasteiger partial charge in [-0.3, -0.25) is 14.8 Å². The van der Waals surface area contributed by atoms with E-state index < -0.39 is 29.9 Å². The SMILES string of the molecule is O=C(NO)[C@H]1C([C@H]2CCOC2)N(C(=O)O)CC[C@@H]1C(=O)N1CCC(c2ccccc2)CC1. The summed E-state index contributed by atoms with van der Waals surface area (Å²) < 4.78 is 5.46. The number of hydrogen-bond donors (Lipinski definition) is 3. The fraction of sp³-hybridized carbons (Fsp3) is 0.609. The van der Waals surface area contributed by atoms with Crippen LogP contribution in [-0.4, -0.2) is 76.9 Å². The van der Waals surface area contributed by atoms with Gasteiger partial charge in [0.1, 0.15) is 0 Å². The third kappa shape index (κ3) is 4.45. The van der Waals surface area contributed by atoms with Gasteiger partial charge in [-0.1, -0.05) is 30.3 Å². The van der Waals surface area contributed by atoms with Crippen molar-refractivity contribution >= 4 is 17.9 Å². The molecule has 0 aliphatic carbocycles. The first-order valence-corrected chi connectivity index (χ1v) is 11.4. The number of hydrogen-bond acceptors (Lipinski definition) is 5. The summed E-state index contributed by atoms with van der Waals surface area (Å²) in [6, 6.07) is 9.55. The quantitative estimate of drug-likeness (QED) is 0.481. The summed E-state index contributed by atoms with van der Waals surface area (Å²) in [5.74, 6) is -2.24. The Balaban J connectivity index is 1.51. The molecule has 4 atom stereocenters. The van der Waals surface area contributed by atoms with Gasteiger partial charge in [0.15, 0.2) is 0 Å². The summed E-state index contributed by atoms with van der Waals surface area (Å²) in [7, 11) is 0. The number of hydroxylamine groups is 1. The number of ether oxygens (including phenoxy) is 1. The Bertz CT molecular complexity index is 820. The minimum absolute atomic E-state index is 0.126. The predicted octanol–water partition coefficient (Wildman–Crippen LogP) is 1.92. The van der Waals surface area contributed by atoms with Crippen LogP contribution >= 0.6 is 0 Å². The molecule has 3 aliphatic rings. The largest absolute Gasteiger partial charge is 0.465 e. The molecule has 1 aromatic rings. The highest BCUT2D eigenvalue weighted by Gasteiger charge is 2.51. The Labute approximate surface area is 187 Å². The molecule has 0 radical (unpaired) electrons. The number of carbonyl (C=O) groups excluding carboxylic acids is 2. The number of carboxylic acid groups (broad SMARTS) is 1. The van der Waals surface area contributed by atoms with Crippen LogP contribution in [0.3, 0.4) is 0 Å². The Hall–Kier alpha value is -2.65. The second-order valence-electron chi connectivity index (χ2n) is 9.00. The maximum absolute atomic E-state index is 13.5. The fourth-order valence-electron chi connectivity index (χ4n) is 5.71. The first-order valence-electron chi connectivity index (χ1n) is 11.4. The molecule has 3 N–H and O–H groups in total. The molecule has 3 aliphatic heterocycles. The van der Waals surface area contributed by atoms with Crippen LogP contribution in [0.25, 0.3) is 0 Å². The van der Waals surface area contributed by atoms with Gasteiger partial charge in [-0.05, 0) is 37.2 Å². The summed E-state index contributed by atoms with van der Waals surface area (Å²) in [5.41, 5.74) is 2.97. The van der Waals surface area contributed by atoms with E-state index in [4.69, 9.17) is 4.74 Å². The molecule has 174 valence electrons. The highest BCUT2D eigenvalue weighted by atomic mass is 16.5. The van der Waals surface area contributed by atoms with E-state index in [-0.39, 0.29) is 24.8 Å². The van der Waals surface area contributed by atoms with Crippen LogP contribution in [0.5, 0.6) is 0 Å². The third-order valence-electron chi connectivity index (χ3n) is 7.34. The molecule has 9 nitrogen and oxygen atoms in total. The van der Waals surface area contributed by atoms with Gasteiger partial charge in [0.25, 0.3) is 0 Å². The standard InChI is InChI=1S/C23H31N3O6/c27-21(24-31)19-18(8-12-26(23(29)30)20(19)17-9-13-32-14-17)22(28)25-10-6-16(7-11-25)15-4-2-1-3-5-15/h1-5,16-20,31H,6-14H2,(H,24,27)(H,29,30)/t17-,18-,19+,20?/m0/s1. The van der Waals surface area contributed by atoms with Gasteiger partial charge in [-0.15, -0.1) is 0 Å². The molecule has 3 heterocycles. The van der Waals surface area contributed by atoms with Crippen molar-refractivity contribution in [1.29, 1.82) is 0 Å². The zero-order valence-corrected chi connectivity index (χ0v) is 18.1. The van der Waals surface area contributed by atoms with E-state index in [0.29, 0.717) is 38.6 Å². The lowest BCUT2D eigenvalue weighted by atomic mass is 9.73. The van der Waals surface area contributed by atoms with Crippen LogP contribution < -0.4 is 5.48 Å². The van der Waals surface area contributed by atoms with E-state index in [1.807, 2.05) is 18.2 Å². The highest BCUT2D eigenvalue weighted by molar-refractivity contribution is 5.88. The lowest BCUT2D eigenvalue weighted by molar-refractivity contribution is -0.153. The maximum Gasteiger partial charge on any atom is 0.407 e. The number of piperidine rings is 2. The molecule has 0 spiro atoms. The molecule has 3 saturated heterocycles. The van der Waals surface area contributed by atoms with Gasteiger partial charge in [0.2, 0.25) is 11.8 Å². The molecule has 1 unspecified atom stereocenters. The van der Waals surface area contributed by atoms with Gasteiger partial charge in [0, 0.05) is 32.2 Å². The lowest BCUT2D eigenvalue weighted by Gasteiger charge is -2.46. The van der Waals surface area contributed by atoms with Crippen LogP contribution in [0.4, 0.5) is 4.79 Å². The van der Waals surface area contributed by atoms with Gasteiger partial charge in [-0.2, -0.15) is 0 Å². The van der Waals surface area contributed by atoms with E-state index in [1.165, 1.54) is 10.5 Å². The van der Waals surface area contributed by atoms with Gasteiger partial charge < -0.3 is 19.6 Å². The summed E-state index contributed by atoms with van der Waals surface area (Å²) in [6.07, 6.45) is 1.45. The molecule has 3 amide bonds. The van der Waals surface area contributed by atoms with E-state index in [9.17, 15) is 24.7 Å². The molecule has 0 bridgehead atoms. The van der Waals surface area contributed by atoms with E-state index in [1.54, 1.807) is 10.4 Å². The summed E-state index contributed by atoms with van der Waals surface area (Å²) in [4.78, 5) is 41.3. The van der Waals surface area contributed by atoms with Crippen LogP contribution in [0, 0.1) is 17.8 Å². The second-order valence-corrected chi connectivity index (χ2v) is 9.00. The minimum Gasteiger partial charge on any atom is -0.465 e. The molecule has 32 heavy (non-hydrogen) atoms. The Morgan fingerprint density at radius 1 is 1.00 bits per heavy atom. The summed E-state index contributed by atoms with van der Waals surface area (Å²) in [5, 5.41) is 19.2. The van der Waals surface area contributed by atoms with Crippen LogP contribution in [0.2, 0.25) is 0 Å². The van der Waals surface area contributed by atoms with Crippen molar-refractivity contribution in [2.45, 2.75) is 37.6 Å². The van der Waals surface area contributed by atoms with Gasteiger partial charge >= 0.3 is 6.09 Å². The zero-order chi connectivity index (χ0) is 22.7. The Kier molecular flexibility index (Phi) is 6.95. The topological polar surface area (TPSA) is 119 Å². The minimum atomic E-state index is -1.12. The molecule has 0 saturated carbocycles. The lowest BCUT2D eigenvalue weighted by Crippen LogP contribution is -2.61. The number of rotatable bonds is 4. The van der Waals surface area contributed by atoms with Crippen molar-refractivity contribution in [2.75, 3.05) is 32.8 Å². The summed E-state index contributed by atoms with van der Waals surface area (Å²) in [6.45, 7) is 2.22. The average Bonchev–Trinajstić information content (AvgIpc) is 3.37. The summed E-state index contributed by atoms with van der Waals surface area (Å²) >= 11 is 0. The fourth-order valence-corrected chi connectivity index (χ4v) is 5.71. The van der Waals surface area contributed by atoms with E-state index in [0.717, 1.165) is 12.8 Å². The van der Waals surface area contributed by atoms with Crippen LogP contribution in [0.1, 0.15) is 37.2 Å². The number of nitrogens with one attached hydrogen (secondary N) is 1. The first kappa shape index (κ1) is 22.5. The van der Waals surface area contributed by atoms with Crippen LogP contribution in [-0.2, 0) is 14.3 Å². The number of amides is 3.